The van der Waals surface area contributed by atoms with Gasteiger partial charge in [-0.2, -0.15) is 0 Å². The van der Waals surface area contributed by atoms with E-state index in [0.717, 1.165) is 28.8 Å². The van der Waals surface area contributed by atoms with Crippen LogP contribution in [0.2, 0.25) is 0 Å². The normalized spacial score (nSPS) is 21.6. The molecule has 1 aromatic rings. The molecule has 1 aliphatic rings. The Bertz CT molecular complexity index is 619. The smallest absolute Gasteiger partial charge is 0.228 e. The lowest BCUT2D eigenvalue weighted by atomic mass is 9.76. The average Bonchev–Trinajstić information content (AvgIpc) is 2.49. The van der Waals surface area contributed by atoms with E-state index in [1.807, 2.05) is 45.0 Å². The number of hydrogen-bond acceptors (Lipinski definition) is 3. The molecule has 1 aromatic carbocycles. The minimum Gasteiger partial charge on any atom is -0.550 e. The summed E-state index contributed by atoms with van der Waals surface area (Å²) in [5.41, 5.74) is 3.95. The number of para-hydroxylation sites is 1. The largest absolute Gasteiger partial charge is 0.550 e. The van der Waals surface area contributed by atoms with Crippen LogP contribution in [0.4, 0.5) is 5.69 Å². The van der Waals surface area contributed by atoms with Crippen molar-refractivity contribution in [3.63, 3.8) is 0 Å². The van der Waals surface area contributed by atoms with Crippen molar-refractivity contribution in [3.8, 4) is 0 Å². The molecule has 1 amide bonds. The van der Waals surface area contributed by atoms with Gasteiger partial charge in [-0.05, 0) is 44.7 Å². The number of nitrogens with one attached hydrogen (secondary N) is 1. The monoisotopic (exact) mass is 300 g/mol. The Hall–Kier alpha value is -2.10. The number of allylic oxidation sites excluding steroid dienone is 2. The molecule has 2 rings (SSSR count). The van der Waals surface area contributed by atoms with Crippen molar-refractivity contribution >= 4 is 17.6 Å². The first-order chi connectivity index (χ1) is 10.4. The molecule has 0 aliphatic heterocycles. The number of aliphatic carboxylic acids is 1. The highest BCUT2D eigenvalue weighted by atomic mass is 16.4. The summed E-state index contributed by atoms with van der Waals surface area (Å²) in [4.78, 5) is 24.0. The van der Waals surface area contributed by atoms with Crippen LogP contribution in [0.1, 0.15) is 39.2 Å². The van der Waals surface area contributed by atoms with Crippen molar-refractivity contribution < 1.29 is 14.7 Å². The third-order valence-electron chi connectivity index (χ3n) is 4.56. The van der Waals surface area contributed by atoms with E-state index < -0.39 is 17.8 Å². The third kappa shape index (κ3) is 3.38. The molecule has 0 heterocycles. The summed E-state index contributed by atoms with van der Waals surface area (Å²) < 4.78 is 0. The van der Waals surface area contributed by atoms with Crippen molar-refractivity contribution in [2.45, 2.75) is 40.0 Å². The molecule has 0 saturated heterocycles. The molecule has 118 valence electrons. The van der Waals surface area contributed by atoms with Crippen molar-refractivity contribution in [2.24, 2.45) is 11.8 Å². The Kier molecular flexibility index (Phi) is 5.01. The molecule has 1 aliphatic carbocycles. The molecular weight excluding hydrogens is 278 g/mol. The number of amides is 1. The van der Waals surface area contributed by atoms with E-state index in [-0.39, 0.29) is 5.91 Å². The first kappa shape index (κ1) is 16.3. The van der Waals surface area contributed by atoms with Crippen molar-refractivity contribution in [1.29, 1.82) is 0 Å². The van der Waals surface area contributed by atoms with Crippen LogP contribution in [0.3, 0.4) is 0 Å². The number of rotatable bonds is 4. The number of carboxylic acids is 1. The molecule has 0 aromatic heterocycles. The van der Waals surface area contributed by atoms with Crippen molar-refractivity contribution in [3.05, 3.63) is 41.0 Å². The number of hydrogen-bond donors (Lipinski definition) is 1. The van der Waals surface area contributed by atoms with Gasteiger partial charge in [0, 0.05) is 17.6 Å². The standard InChI is InChI=1S/C18H23NO3/c1-4-13-7-5-6-8-16(13)19-17(20)14-9-11(2)12(3)10-15(14)18(21)22/h5-8,14-15H,4,9-10H2,1-3H3,(H,19,20)(H,21,22)/p-1. The van der Waals surface area contributed by atoms with Gasteiger partial charge in [-0.3, -0.25) is 4.79 Å². The number of carbonyl (C=O) groups excluding carboxylic acids is 2. The lowest BCUT2D eigenvalue weighted by Gasteiger charge is -2.33. The van der Waals surface area contributed by atoms with Gasteiger partial charge in [-0.15, -0.1) is 0 Å². The van der Waals surface area contributed by atoms with Gasteiger partial charge in [0.15, 0.2) is 0 Å². The minimum atomic E-state index is -1.14. The Morgan fingerprint density at radius 2 is 1.73 bits per heavy atom. The molecule has 0 fully saturated rings. The lowest BCUT2D eigenvalue weighted by molar-refractivity contribution is -0.313. The van der Waals surface area contributed by atoms with Gasteiger partial charge in [0.25, 0.3) is 0 Å². The van der Waals surface area contributed by atoms with Gasteiger partial charge in [0.05, 0.1) is 5.92 Å². The third-order valence-corrected chi connectivity index (χ3v) is 4.56. The fraction of sp³-hybridized carbons (Fsp3) is 0.444. The summed E-state index contributed by atoms with van der Waals surface area (Å²) in [6.45, 7) is 5.90. The second-order valence-electron chi connectivity index (χ2n) is 6.00. The predicted molar refractivity (Wildman–Crippen MR) is 84.0 cm³/mol. The predicted octanol–water partition coefficient (Wildman–Crippen LogP) is 2.30. The van der Waals surface area contributed by atoms with Gasteiger partial charge < -0.3 is 15.2 Å². The number of benzene rings is 1. The molecule has 4 nitrogen and oxygen atoms in total. The zero-order valence-corrected chi connectivity index (χ0v) is 13.3. The Morgan fingerprint density at radius 1 is 1.14 bits per heavy atom. The zero-order chi connectivity index (χ0) is 16.3. The van der Waals surface area contributed by atoms with Crippen LogP contribution in [0.25, 0.3) is 0 Å². The average molecular weight is 300 g/mol. The Labute approximate surface area is 131 Å². The highest BCUT2D eigenvalue weighted by Crippen LogP contribution is 2.34. The maximum Gasteiger partial charge on any atom is 0.228 e. The summed E-state index contributed by atoms with van der Waals surface area (Å²) >= 11 is 0. The van der Waals surface area contributed by atoms with Crippen molar-refractivity contribution in [2.75, 3.05) is 5.32 Å². The van der Waals surface area contributed by atoms with Gasteiger partial charge >= 0.3 is 0 Å². The van der Waals surface area contributed by atoms with E-state index in [1.54, 1.807) is 0 Å². The van der Waals surface area contributed by atoms with Crippen LogP contribution in [0.15, 0.2) is 35.4 Å². The van der Waals surface area contributed by atoms with E-state index in [0.29, 0.717) is 12.8 Å². The second kappa shape index (κ2) is 6.77. The molecule has 0 bridgehead atoms. The minimum absolute atomic E-state index is 0.234. The fourth-order valence-electron chi connectivity index (χ4n) is 2.99. The van der Waals surface area contributed by atoms with E-state index >= 15 is 0 Å². The molecule has 2 unspecified atom stereocenters. The summed E-state index contributed by atoms with van der Waals surface area (Å²) in [6.07, 6.45) is 1.68. The van der Waals surface area contributed by atoms with E-state index in [2.05, 4.69) is 5.32 Å². The van der Waals surface area contributed by atoms with Crippen LogP contribution >= 0.6 is 0 Å². The molecule has 0 radical (unpaired) electrons. The topological polar surface area (TPSA) is 69.2 Å². The van der Waals surface area contributed by atoms with Crippen molar-refractivity contribution in [1.82, 2.24) is 0 Å². The maximum atomic E-state index is 12.6. The van der Waals surface area contributed by atoms with Gasteiger partial charge in [0.2, 0.25) is 5.91 Å². The first-order valence-electron chi connectivity index (χ1n) is 7.68. The van der Waals surface area contributed by atoms with Crippen LogP contribution in [-0.2, 0) is 16.0 Å². The Morgan fingerprint density at radius 3 is 2.32 bits per heavy atom. The fourth-order valence-corrected chi connectivity index (χ4v) is 2.99. The highest BCUT2D eigenvalue weighted by Gasteiger charge is 2.33. The Balaban J connectivity index is 2.22. The van der Waals surface area contributed by atoms with Crippen LogP contribution in [0.5, 0.6) is 0 Å². The van der Waals surface area contributed by atoms with Crippen LogP contribution < -0.4 is 10.4 Å². The van der Waals surface area contributed by atoms with Crippen LogP contribution in [-0.4, -0.2) is 11.9 Å². The SMILES string of the molecule is CCc1ccccc1NC(=O)C1CC(C)=C(C)CC1C(=O)[O-]. The van der Waals surface area contributed by atoms with E-state index in [4.69, 9.17) is 0 Å². The first-order valence-corrected chi connectivity index (χ1v) is 7.68. The molecule has 4 heteroatoms. The second-order valence-corrected chi connectivity index (χ2v) is 6.00. The molecule has 1 N–H and O–H groups in total. The summed E-state index contributed by atoms with van der Waals surface area (Å²) in [6, 6.07) is 7.60. The number of carbonyl (C=O) groups is 2. The number of anilines is 1. The molecule has 0 saturated carbocycles. The molecular formula is C18H22NO3-. The number of carboxylic acid groups (broad SMARTS) is 1. The summed E-state index contributed by atoms with van der Waals surface area (Å²) in [5.74, 6) is -2.70. The lowest BCUT2D eigenvalue weighted by Crippen LogP contribution is -2.42. The zero-order valence-electron chi connectivity index (χ0n) is 13.3. The van der Waals surface area contributed by atoms with E-state index in [9.17, 15) is 14.7 Å². The molecule has 22 heavy (non-hydrogen) atoms. The molecule has 0 spiro atoms. The van der Waals surface area contributed by atoms with Crippen LogP contribution in [0, 0.1) is 11.8 Å². The summed E-state index contributed by atoms with van der Waals surface area (Å²) in [7, 11) is 0. The molecule has 2 atom stereocenters. The van der Waals surface area contributed by atoms with E-state index in [1.165, 1.54) is 0 Å². The summed E-state index contributed by atoms with van der Waals surface area (Å²) in [5, 5.41) is 14.3. The number of aryl methyl sites for hydroxylation is 1. The van der Waals surface area contributed by atoms with Gasteiger partial charge in [0.1, 0.15) is 0 Å². The van der Waals surface area contributed by atoms with Gasteiger partial charge in [-0.25, -0.2) is 0 Å². The quantitative estimate of drug-likeness (QED) is 0.867. The maximum absolute atomic E-state index is 12.6. The van der Waals surface area contributed by atoms with Gasteiger partial charge in [-0.1, -0.05) is 36.3 Å². The highest BCUT2D eigenvalue weighted by molar-refractivity contribution is 5.96.